The number of hydrogen-bond acceptors (Lipinski definition) is 4. The molecule has 0 atom stereocenters. The van der Waals surface area contributed by atoms with Crippen molar-refractivity contribution < 1.29 is 13.9 Å². The number of aromatic nitrogens is 2. The summed E-state index contributed by atoms with van der Waals surface area (Å²) in [6.07, 6.45) is 0. The monoisotopic (exact) mass is 369 g/mol. The summed E-state index contributed by atoms with van der Waals surface area (Å²) in [6.45, 7) is 0.236. The maximum Gasteiger partial charge on any atom is 0.358 e. The Morgan fingerprint density at radius 3 is 2.77 bits per heavy atom. The first-order valence-corrected chi connectivity index (χ1v) is 8.23. The molecule has 130 valence electrons. The van der Waals surface area contributed by atoms with E-state index in [0.717, 1.165) is 0 Å². The molecule has 0 saturated carbocycles. The van der Waals surface area contributed by atoms with Gasteiger partial charge in [0.1, 0.15) is 5.82 Å². The third-order valence-corrected chi connectivity index (χ3v) is 4.38. The summed E-state index contributed by atoms with van der Waals surface area (Å²) >= 11 is 6.18. The molecule has 3 aromatic rings. The molecule has 0 bridgehead atoms. The molecule has 0 N–H and O–H groups in total. The van der Waals surface area contributed by atoms with Crippen molar-refractivity contribution in [3.8, 4) is 5.69 Å². The lowest BCUT2D eigenvalue weighted by Crippen LogP contribution is -2.10. The first-order chi connectivity index (χ1) is 12.6. The lowest BCUT2D eigenvalue weighted by molar-refractivity contribution is 0.0593. The van der Waals surface area contributed by atoms with Gasteiger partial charge in [0.2, 0.25) is 0 Å². The van der Waals surface area contributed by atoms with Gasteiger partial charge < -0.3 is 4.74 Å². The largest absolute Gasteiger partial charge is 0.464 e. The van der Waals surface area contributed by atoms with E-state index in [1.807, 2.05) is 0 Å². The van der Waals surface area contributed by atoms with E-state index >= 15 is 0 Å². The molecule has 4 rings (SSSR count). The van der Waals surface area contributed by atoms with Crippen molar-refractivity contribution in [2.75, 3.05) is 7.11 Å². The fraction of sp³-hybridized carbons (Fsp3) is 0.105. The molecule has 1 aliphatic heterocycles. The molecule has 0 amide bonds. The van der Waals surface area contributed by atoms with Crippen LogP contribution in [0.15, 0.2) is 53.5 Å². The smallest absolute Gasteiger partial charge is 0.358 e. The predicted octanol–water partition coefficient (Wildman–Crippen LogP) is 3.80. The second kappa shape index (κ2) is 6.38. The number of ether oxygens (including phenoxy) is 1. The molecule has 1 aliphatic rings. The SMILES string of the molecule is COC(=O)c1cc2n(n1)-c1ccc(Cl)cc1C(c1ccccc1F)=NC2. The average Bonchev–Trinajstić information content (AvgIpc) is 3.01. The van der Waals surface area contributed by atoms with Crippen molar-refractivity contribution in [2.45, 2.75) is 6.54 Å². The third kappa shape index (κ3) is 2.68. The van der Waals surface area contributed by atoms with E-state index in [0.29, 0.717) is 33.2 Å². The Balaban J connectivity index is 1.95. The maximum atomic E-state index is 14.4. The number of rotatable bonds is 2. The highest BCUT2D eigenvalue weighted by molar-refractivity contribution is 6.31. The minimum Gasteiger partial charge on any atom is -0.464 e. The zero-order valence-electron chi connectivity index (χ0n) is 13.7. The summed E-state index contributed by atoms with van der Waals surface area (Å²) in [4.78, 5) is 16.4. The Kier molecular flexibility index (Phi) is 4.05. The number of benzene rings is 2. The number of aliphatic imine (C=N–C) groups is 1. The van der Waals surface area contributed by atoms with Crippen LogP contribution in [-0.2, 0) is 11.3 Å². The summed E-state index contributed by atoms with van der Waals surface area (Å²) in [5.41, 5.74) is 3.06. The van der Waals surface area contributed by atoms with Gasteiger partial charge in [-0.3, -0.25) is 4.99 Å². The van der Waals surface area contributed by atoms with E-state index in [4.69, 9.17) is 16.3 Å². The molecule has 5 nitrogen and oxygen atoms in total. The highest BCUT2D eigenvalue weighted by Gasteiger charge is 2.24. The molecule has 0 spiro atoms. The average molecular weight is 370 g/mol. The van der Waals surface area contributed by atoms with Crippen LogP contribution in [0.4, 0.5) is 4.39 Å². The van der Waals surface area contributed by atoms with E-state index in [1.54, 1.807) is 47.1 Å². The van der Waals surface area contributed by atoms with Gasteiger partial charge in [-0.1, -0.05) is 23.7 Å². The van der Waals surface area contributed by atoms with Gasteiger partial charge in [0.15, 0.2) is 5.69 Å². The molecule has 1 aromatic heterocycles. The van der Waals surface area contributed by atoms with Gasteiger partial charge in [0.25, 0.3) is 0 Å². The topological polar surface area (TPSA) is 56.5 Å². The Bertz CT molecular complexity index is 1060. The van der Waals surface area contributed by atoms with Crippen LogP contribution in [0, 0.1) is 5.82 Å². The fourth-order valence-corrected chi connectivity index (χ4v) is 3.13. The lowest BCUT2D eigenvalue weighted by atomic mass is 10.00. The first-order valence-electron chi connectivity index (χ1n) is 7.85. The van der Waals surface area contributed by atoms with Gasteiger partial charge in [-0.25, -0.2) is 13.9 Å². The van der Waals surface area contributed by atoms with Crippen LogP contribution in [0.1, 0.15) is 27.3 Å². The lowest BCUT2D eigenvalue weighted by Gasteiger charge is -2.12. The molecule has 0 aliphatic carbocycles. The van der Waals surface area contributed by atoms with E-state index in [1.165, 1.54) is 13.2 Å². The molecule has 0 fully saturated rings. The molecular formula is C19H13ClFN3O2. The van der Waals surface area contributed by atoms with E-state index in [-0.39, 0.29) is 18.1 Å². The van der Waals surface area contributed by atoms with Gasteiger partial charge in [-0.05, 0) is 36.4 Å². The zero-order chi connectivity index (χ0) is 18.3. The molecule has 2 heterocycles. The van der Waals surface area contributed by atoms with Crippen LogP contribution in [0.3, 0.4) is 0 Å². The number of methoxy groups -OCH3 is 1. The second-order valence-corrected chi connectivity index (χ2v) is 6.17. The molecule has 7 heteroatoms. The maximum absolute atomic E-state index is 14.4. The number of esters is 1. The molecular weight excluding hydrogens is 357 g/mol. The van der Waals surface area contributed by atoms with Gasteiger partial charge in [0, 0.05) is 16.1 Å². The minimum atomic E-state index is -0.528. The summed E-state index contributed by atoms with van der Waals surface area (Å²) in [5.74, 6) is -0.897. The Hall–Kier alpha value is -2.99. The van der Waals surface area contributed by atoms with Gasteiger partial charge in [-0.15, -0.1) is 0 Å². The Morgan fingerprint density at radius 1 is 1.19 bits per heavy atom. The predicted molar refractivity (Wildman–Crippen MR) is 95.7 cm³/mol. The molecule has 2 aromatic carbocycles. The third-order valence-electron chi connectivity index (χ3n) is 4.15. The molecule has 0 radical (unpaired) electrons. The van der Waals surface area contributed by atoms with Crippen molar-refractivity contribution in [1.29, 1.82) is 0 Å². The van der Waals surface area contributed by atoms with E-state index in [9.17, 15) is 9.18 Å². The number of nitrogens with zero attached hydrogens (tertiary/aromatic N) is 3. The van der Waals surface area contributed by atoms with Crippen molar-refractivity contribution in [3.05, 3.63) is 81.9 Å². The summed E-state index contributed by atoms with van der Waals surface area (Å²) in [6, 6.07) is 13.3. The fourth-order valence-electron chi connectivity index (χ4n) is 2.96. The van der Waals surface area contributed by atoms with Gasteiger partial charge >= 0.3 is 5.97 Å². The highest BCUT2D eigenvalue weighted by Crippen LogP contribution is 2.28. The van der Waals surface area contributed by atoms with Crippen molar-refractivity contribution in [1.82, 2.24) is 9.78 Å². The van der Waals surface area contributed by atoms with Crippen molar-refractivity contribution in [3.63, 3.8) is 0 Å². The Labute approximate surface area is 153 Å². The second-order valence-electron chi connectivity index (χ2n) is 5.73. The van der Waals surface area contributed by atoms with Crippen molar-refractivity contribution >= 4 is 23.3 Å². The summed E-state index contributed by atoms with van der Waals surface area (Å²) < 4.78 is 20.7. The normalized spacial score (nSPS) is 12.7. The van der Waals surface area contributed by atoms with Gasteiger partial charge in [-0.2, -0.15) is 5.10 Å². The minimum absolute atomic E-state index is 0.188. The quantitative estimate of drug-likeness (QED) is 0.645. The van der Waals surface area contributed by atoms with E-state index in [2.05, 4.69) is 10.1 Å². The number of carbonyl (C=O) groups excluding carboxylic acids is 1. The van der Waals surface area contributed by atoms with Crippen LogP contribution in [0.25, 0.3) is 5.69 Å². The highest BCUT2D eigenvalue weighted by atomic mass is 35.5. The number of carbonyl (C=O) groups is 1. The molecule has 0 saturated heterocycles. The number of fused-ring (bicyclic) bond motifs is 3. The van der Waals surface area contributed by atoms with Crippen molar-refractivity contribution in [2.24, 2.45) is 4.99 Å². The van der Waals surface area contributed by atoms with E-state index < -0.39 is 5.97 Å². The summed E-state index contributed by atoms with van der Waals surface area (Å²) in [7, 11) is 1.30. The van der Waals surface area contributed by atoms with Crippen LogP contribution in [0.2, 0.25) is 5.02 Å². The molecule has 26 heavy (non-hydrogen) atoms. The van der Waals surface area contributed by atoms with Crippen LogP contribution >= 0.6 is 11.6 Å². The first kappa shape index (κ1) is 16.5. The van der Waals surface area contributed by atoms with Crippen LogP contribution < -0.4 is 0 Å². The molecule has 0 unspecified atom stereocenters. The number of hydrogen-bond donors (Lipinski definition) is 0. The van der Waals surface area contributed by atoms with Crippen LogP contribution in [0.5, 0.6) is 0 Å². The number of halogens is 2. The van der Waals surface area contributed by atoms with Crippen LogP contribution in [-0.4, -0.2) is 28.6 Å². The Morgan fingerprint density at radius 2 is 2.00 bits per heavy atom. The summed E-state index contributed by atoms with van der Waals surface area (Å²) in [5, 5.41) is 4.83. The zero-order valence-corrected chi connectivity index (χ0v) is 14.5. The van der Waals surface area contributed by atoms with Gasteiger partial charge in [0.05, 0.1) is 30.7 Å². The standard InChI is InChI=1S/C19H13ClFN3O2/c1-26-19(25)16-9-12-10-22-18(13-4-2-3-5-15(13)21)14-8-11(20)6-7-17(14)24(12)23-16/h2-9H,10H2,1H3.